The molecule has 0 radical (unpaired) electrons. The van der Waals surface area contributed by atoms with Crippen molar-refractivity contribution in [1.29, 1.82) is 0 Å². The van der Waals surface area contributed by atoms with Crippen LogP contribution in [0.2, 0.25) is 0 Å². The van der Waals surface area contributed by atoms with Gasteiger partial charge < -0.3 is 14.1 Å². The molecule has 0 atom stereocenters. The van der Waals surface area contributed by atoms with Crippen LogP contribution in [0.4, 0.5) is 0 Å². The standard InChI is InChI=1S/C22H25N3O3S/c1-15-7-8-20(29-15)21-23-19(16(2)28-21)14-24-9-11-25(12-10-24)22(26)17-5-4-6-18(13-17)27-3/h4-8,13H,9-12,14H2,1-3H3. The van der Waals surface area contributed by atoms with Gasteiger partial charge in [-0.3, -0.25) is 9.69 Å². The van der Waals surface area contributed by atoms with E-state index in [1.807, 2.05) is 30.0 Å². The zero-order valence-corrected chi connectivity index (χ0v) is 17.8. The lowest BCUT2D eigenvalue weighted by Gasteiger charge is -2.34. The monoisotopic (exact) mass is 411 g/mol. The summed E-state index contributed by atoms with van der Waals surface area (Å²) in [5.41, 5.74) is 1.64. The van der Waals surface area contributed by atoms with E-state index in [4.69, 9.17) is 14.1 Å². The summed E-state index contributed by atoms with van der Waals surface area (Å²) in [5, 5.41) is 0. The highest BCUT2D eigenvalue weighted by Gasteiger charge is 2.24. The van der Waals surface area contributed by atoms with Crippen LogP contribution in [0, 0.1) is 13.8 Å². The molecule has 0 aliphatic carbocycles. The number of piperazine rings is 1. The molecule has 1 fully saturated rings. The van der Waals surface area contributed by atoms with E-state index in [1.165, 1.54) is 4.88 Å². The molecule has 0 saturated carbocycles. The smallest absolute Gasteiger partial charge is 0.254 e. The molecular weight excluding hydrogens is 386 g/mol. The molecule has 3 aromatic rings. The van der Waals surface area contributed by atoms with E-state index >= 15 is 0 Å². The van der Waals surface area contributed by atoms with Gasteiger partial charge in [-0.1, -0.05) is 6.07 Å². The summed E-state index contributed by atoms with van der Waals surface area (Å²) in [6.07, 6.45) is 0. The normalized spacial score (nSPS) is 14.9. The van der Waals surface area contributed by atoms with Crippen molar-refractivity contribution in [1.82, 2.24) is 14.8 Å². The summed E-state index contributed by atoms with van der Waals surface area (Å²) in [6.45, 7) is 7.81. The molecule has 1 aliphatic rings. The van der Waals surface area contributed by atoms with Gasteiger partial charge in [0.05, 0.1) is 17.7 Å². The first-order valence-electron chi connectivity index (χ1n) is 9.72. The lowest BCUT2D eigenvalue weighted by molar-refractivity contribution is 0.0626. The van der Waals surface area contributed by atoms with Crippen LogP contribution in [0.25, 0.3) is 10.8 Å². The first-order valence-corrected chi connectivity index (χ1v) is 10.5. The summed E-state index contributed by atoms with van der Waals surface area (Å²) in [7, 11) is 1.61. The molecule has 29 heavy (non-hydrogen) atoms. The molecule has 152 valence electrons. The van der Waals surface area contributed by atoms with Gasteiger partial charge in [0.25, 0.3) is 5.91 Å². The number of amides is 1. The van der Waals surface area contributed by atoms with E-state index in [9.17, 15) is 4.79 Å². The van der Waals surface area contributed by atoms with Crippen LogP contribution < -0.4 is 4.74 Å². The van der Waals surface area contributed by atoms with Crippen LogP contribution in [0.1, 0.15) is 26.7 Å². The number of oxazole rings is 1. The third kappa shape index (κ3) is 4.36. The van der Waals surface area contributed by atoms with Gasteiger partial charge in [-0.15, -0.1) is 11.3 Å². The maximum Gasteiger partial charge on any atom is 0.254 e. The summed E-state index contributed by atoms with van der Waals surface area (Å²) in [5.74, 6) is 2.31. The Bertz CT molecular complexity index is 1000. The maximum absolute atomic E-state index is 12.8. The molecule has 6 nitrogen and oxygen atoms in total. The van der Waals surface area contributed by atoms with Gasteiger partial charge in [-0.2, -0.15) is 0 Å². The molecule has 0 unspecified atom stereocenters. The van der Waals surface area contributed by atoms with E-state index in [2.05, 4.69) is 24.0 Å². The van der Waals surface area contributed by atoms with Crippen molar-refractivity contribution >= 4 is 17.2 Å². The number of aromatic nitrogens is 1. The van der Waals surface area contributed by atoms with E-state index in [-0.39, 0.29) is 5.91 Å². The first-order chi connectivity index (χ1) is 14.0. The van der Waals surface area contributed by atoms with Gasteiger partial charge in [-0.05, 0) is 44.2 Å². The fourth-order valence-electron chi connectivity index (χ4n) is 3.49. The number of hydrogen-bond donors (Lipinski definition) is 0. The summed E-state index contributed by atoms with van der Waals surface area (Å²) in [4.78, 5) is 24.0. The zero-order chi connectivity index (χ0) is 20.4. The number of aryl methyl sites for hydroxylation is 2. The average molecular weight is 412 g/mol. The lowest BCUT2D eigenvalue weighted by Crippen LogP contribution is -2.48. The quantitative estimate of drug-likeness (QED) is 0.635. The number of rotatable bonds is 5. The number of benzene rings is 1. The number of thiophene rings is 1. The Morgan fingerprint density at radius 3 is 2.66 bits per heavy atom. The summed E-state index contributed by atoms with van der Waals surface area (Å²) < 4.78 is 11.1. The van der Waals surface area contributed by atoms with Crippen molar-refractivity contribution in [2.45, 2.75) is 20.4 Å². The highest BCUT2D eigenvalue weighted by molar-refractivity contribution is 7.15. The Hall–Kier alpha value is -2.64. The predicted molar refractivity (Wildman–Crippen MR) is 113 cm³/mol. The van der Waals surface area contributed by atoms with Crippen molar-refractivity contribution in [3.05, 3.63) is 58.3 Å². The van der Waals surface area contributed by atoms with Gasteiger partial charge in [0, 0.05) is 43.2 Å². The number of methoxy groups -OCH3 is 1. The van der Waals surface area contributed by atoms with Gasteiger partial charge in [0.2, 0.25) is 5.89 Å². The summed E-state index contributed by atoms with van der Waals surface area (Å²) >= 11 is 1.69. The lowest BCUT2D eigenvalue weighted by atomic mass is 10.1. The first kappa shape index (κ1) is 19.7. The number of hydrogen-bond acceptors (Lipinski definition) is 6. The molecule has 1 saturated heterocycles. The average Bonchev–Trinajstić information content (AvgIpc) is 3.34. The van der Waals surface area contributed by atoms with Gasteiger partial charge in [0.15, 0.2) is 0 Å². The Morgan fingerprint density at radius 1 is 1.17 bits per heavy atom. The van der Waals surface area contributed by atoms with Crippen LogP contribution in [-0.4, -0.2) is 54.0 Å². The molecule has 0 N–H and O–H groups in total. The van der Waals surface area contributed by atoms with Crippen molar-refractivity contribution in [2.75, 3.05) is 33.3 Å². The largest absolute Gasteiger partial charge is 0.497 e. The highest BCUT2D eigenvalue weighted by atomic mass is 32.1. The predicted octanol–water partition coefficient (Wildman–Crippen LogP) is 3.99. The van der Waals surface area contributed by atoms with Crippen molar-refractivity contribution in [3.63, 3.8) is 0 Å². The number of carbonyl (C=O) groups excluding carboxylic acids is 1. The van der Waals surface area contributed by atoms with Crippen LogP contribution in [0.5, 0.6) is 5.75 Å². The fraction of sp³-hybridized carbons (Fsp3) is 0.364. The Labute approximate surface area is 174 Å². The van der Waals surface area contributed by atoms with E-state index in [0.29, 0.717) is 30.3 Å². The molecule has 1 amide bonds. The van der Waals surface area contributed by atoms with Gasteiger partial charge in [0.1, 0.15) is 11.5 Å². The topological polar surface area (TPSA) is 58.8 Å². The second kappa shape index (κ2) is 8.39. The van der Waals surface area contributed by atoms with Crippen molar-refractivity contribution in [2.24, 2.45) is 0 Å². The highest BCUT2D eigenvalue weighted by Crippen LogP contribution is 2.29. The molecule has 2 aromatic heterocycles. The van der Waals surface area contributed by atoms with E-state index in [0.717, 1.165) is 36.0 Å². The minimum atomic E-state index is 0.0523. The molecule has 1 aliphatic heterocycles. The third-order valence-corrected chi connectivity index (χ3v) is 6.18. The second-order valence-electron chi connectivity index (χ2n) is 7.23. The number of ether oxygens (including phenoxy) is 1. The fourth-order valence-corrected chi connectivity index (χ4v) is 4.28. The molecule has 7 heteroatoms. The molecule has 0 spiro atoms. The molecule has 1 aromatic carbocycles. The maximum atomic E-state index is 12.8. The zero-order valence-electron chi connectivity index (χ0n) is 17.0. The molecular formula is C22H25N3O3S. The SMILES string of the molecule is COc1cccc(C(=O)N2CCN(Cc3nc(-c4ccc(C)s4)oc3C)CC2)c1. The second-order valence-corrected chi connectivity index (χ2v) is 8.52. The molecule has 4 rings (SSSR count). The van der Waals surface area contributed by atoms with Crippen LogP contribution >= 0.6 is 11.3 Å². The van der Waals surface area contributed by atoms with Crippen LogP contribution in [-0.2, 0) is 6.54 Å². The van der Waals surface area contributed by atoms with Gasteiger partial charge >= 0.3 is 0 Å². The van der Waals surface area contributed by atoms with E-state index < -0.39 is 0 Å². The Balaban J connectivity index is 1.36. The molecule has 0 bridgehead atoms. The third-order valence-electron chi connectivity index (χ3n) is 5.19. The van der Waals surface area contributed by atoms with E-state index in [1.54, 1.807) is 24.5 Å². The minimum Gasteiger partial charge on any atom is -0.497 e. The molecule has 3 heterocycles. The Morgan fingerprint density at radius 2 is 1.97 bits per heavy atom. The van der Waals surface area contributed by atoms with Crippen molar-refractivity contribution < 1.29 is 13.9 Å². The Kier molecular flexibility index (Phi) is 5.69. The number of nitrogens with zero attached hydrogens (tertiary/aromatic N) is 3. The van der Waals surface area contributed by atoms with Crippen LogP contribution in [0.3, 0.4) is 0 Å². The summed E-state index contributed by atoms with van der Waals surface area (Å²) in [6, 6.07) is 11.5. The van der Waals surface area contributed by atoms with Crippen LogP contribution in [0.15, 0.2) is 40.8 Å². The van der Waals surface area contributed by atoms with Gasteiger partial charge in [-0.25, -0.2) is 4.98 Å². The van der Waals surface area contributed by atoms with Crippen molar-refractivity contribution in [3.8, 4) is 16.5 Å². The minimum absolute atomic E-state index is 0.0523. The number of carbonyl (C=O) groups is 1.